The Bertz CT molecular complexity index is 1670. The number of nitrogens with zero attached hydrogens (tertiary/aromatic N) is 4. The standard InChI is InChI=1S/C30H28N6O2/c1-20-11-12-36(26-8-6-25(7-9-26)35-13-15-38-16-14-35)29(37)28(20)21-5-10-27-22(17-21)19-32-30(34-27)33-24-4-2-3-23(31)18-24/h2-12,17-19H,13-16,31H2,1H3,(H,32,33,34). The van der Waals surface area contributed by atoms with Crippen molar-refractivity contribution in [2.24, 2.45) is 0 Å². The minimum atomic E-state index is -0.0654. The predicted molar refractivity (Wildman–Crippen MR) is 152 cm³/mol. The summed E-state index contributed by atoms with van der Waals surface area (Å²) in [6, 6.07) is 23.4. The van der Waals surface area contributed by atoms with Crippen LogP contribution in [-0.2, 0) is 4.74 Å². The van der Waals surface area contributed by atoms with E-state index in [1.54, 1.807) is 10.8 Å². The molecule has 2 aromatic heterocycles. The zero-order chi connectivity index (χ0) is 26.1. The number of nitrogens with one attached hydrogen (secondary N) is 1. The van der Waals surface area contributed by atoms with Gasteiger partial charge in [-0.3, -0.25) is 9.36 Å². The van der Waals surface area contributed by atoms with Crippen LogP contribution < -0.4 is 21.5 Å². The Morgan fingerprint density at radius 2 is 1.74 bits per heavy atom. The first-order chi connectivity index (χ1) is 18.5. The number of hydrogen-bond acceptors (Lipinski definition) is 7. The lowest BCUT2D eigenvalue weighted by molar-refractivity contribution is 0.122. The maximum Gasteiger partial charge on any atom is 0.263 e. The Morgan fingerprint density at radius 1 is 0.947 bits per heavy atom. The number of fused-ring (bicyclic) bond motifs is 1. The first-order valence-corrected chi connectivity index (χ1v) is 12.6. The van der Waals surface area contributed by atoms with Gasteiger partial charge in [0.1, 0.15) is 0 Å². The van der Waals surface area contributed by atoms with Crippen molar-refractivity contribution in [1.82, 2.24) is 14.5 Å². The van der Waals surface area contributed by atoms with Gasteiger partial charge in [-0.25, -0.2) is 9.97 Å². The maximum atomic E-state index is 13.7. The smallest absolute Gasteiger partial charge is 0.263 e. The van der Waals surface area contributed by atoms with Crippen LogP contribution >= 0.6 is 0 Å². The average molecular weight is 505 g/mol. The molecule has 5 aromatic rings. The van der Waals surface area contributed by atoms with Gasteiger partial charge in [-0.2, -0.15) is 0 Å². The molecule has 8 heteroatoms. The van der Waals surface area contributed by atoms with Gasteiger partial charge >= 0.3 is 0 Å². The van der Waals surface area contributed by atoms with E-state index in [1.807, 2.05) is 73.8 Å². The van der Waals surface area contributed by atoms with Crippen LogP contribution in [0.3, 0.4) is 0 Å². The first kappa shape index (κ1) is 23.7. The molecule has 190 valence electrons. The monoisotopic (exact) mass is 504 g/mol. The summed E-state index contributed by atoms with van der Waals surface area (Å²) >= 11 is 0. The highest BCUT2D eigenvalue weighted by Crippen LogP contribution is 2.26. The summed E-state index contributed by atoms with van der Waals surface area (Å²) in [6.45, 7) is 5.18. The molecule has 0 radical (unpaired) electrons. The highest BCUT2D eigenvalue weighted by Gasteiger charge is 2.14. The largest absolute Gasteiger partial charge is 0.399 e. The van der Waals surface area contributed by atoms with Crippen LogP contribution in [0.2, 0.25) is 0 Å². The van der Waals surface area contributed by atoms with Crippen molar-refractivity contribution in [3.63, 3.8) is 0 Å². The normalized spacial score (nSPS) is 13.6. The molecule has 1 fully saturated rings. The fourth-order valence-electron chi connectivity index (χ4n) is 4.82. The molecular weight excluding hydrogens is 476 g/mol. The van der Waals surface area contributed by atoms with Crippen LogP contribution in [0.5, 0.6) is 0 Å². The molecule has 0 aliphatic carbocycles. The molecular formula is C30H28N6O2. The summed E-state index contributed by atoms with van der Waals surface area (Å²) in [5.41, 5.74) is 12.4. The predicted octanol–water partition coefficient (Wildman–Crippen LogP) is 4.92. The zero-order valence-corrected chi connectivity index (χ0v) is 21.1. The first-order valence-electron chi connectivity index (χ1n) is 12.6. The molecule has 0 atom stereocenters. The Labute approximate surface area is 220 Å². The van der Waals surface area contributed by atoms with Crippen LogP contribution in [0, 0.1) is 6.92 Å². The molecule has 3 aromatic carbocycles. The third kappa shape index (κ3) is 4.69. The van der Waals surface area contributed by atoms with Gasteiger partial charge in [-0.15, -0.1) is 0 Å². The second-order valence-electron chi connectivity index (χ2n) is 9.38. The summed E-state index contributed by atoms with van der Waals surface area (Å²) in [5, 5.41) is 4.04. The molecule has 0 saturated carbocycles. The summed E-state index contributed by atoms with van der Waals surface area (Å²) < 4.78 is 7.15. The van der Waals surface area contributed by atoms with E-state index in [0.29, 0.717) is 17.2 Å². The molecule has 0 unspecified atom stereocenters. The van der Waals surface area contributed by atoms with E-state index < -0.39 is 0 Å². The SMILES string of the molecule is Cc1ccn(-c2ccc(N3CCOCC3)cc2)c(=O)c1-c1ccc2nc(Nc3cccc(N)c3)ncc2c1. The van der Waals surface area contributed by atoms with Crippen LogP contribution in [-0.4, -0.2) is 40.8 Å². The number of nitrogens with two attached hydrogens (primary N) is 1. The molecule has 8 nitrogen and oxygen atoms in total. The Hall–Kier alpha value is -4.69. The average Bonchev–Trinajstić information content (AvgIpc) is 2.94. The lowest BCUT2D eigenvalue weighted by Crippen LogP contribution is -2.36. The van der Waals surface area contributed by atoms with Gasteiger partial charge in [-0.1, -0.05) is 12.1 Å². The topological polar surface area (TPSA) is 98.3 Å². The fraction of sp³-hybridized carbons (Fsp3) is 0.167. The van der Waals surface area contributed by atoms with Gasteiger partial charge in [0.25, 0.3) is 5.56 Å². The van der Waals surface area contributed by atoms with Crippen LogP contribution in [0.15, 0.2) is 90.0 Å². The van der Waals surface area contributed by atoms with Gasteiger partial charge in [0, 0.05) is 53.6 Å². The van der Waals surface area contributed by atoms with E-state index in [4.69, 9.17) is 10.5 Å². The van der Waals surface area contributed by atoms with Gasteiger partial charge in [0.15, 0.2) is 0 Å². The van der Waals surface area contributed by atoms with Crippen molar-refractivity contribution >= 4 is 33.9 Å². The van der Waals surface area contributed by atoms with E-state index in [0.717, 1.165) is 65.4 Å². The molecule has 3 N–H and O–H groups in total. The van der Waals surface area contributed by atoms with Crippen molar-refractivity contribution in [2.75, 3.05) is 42.3 Å². The lowest BCUT2D eigenvalue weighted by atomic mass is 10.0. The summed E-state index contributed by atoms with van der Waals surface area (Å²) in [6.07, 6.45) is 3.60. The van der Waals surface area contributed by atoms with Crippen molar-refractivity contribution in [3.05, 3.63) is 101 Å². The molecule has 0 bridgehead atoms. The summed E-state index contributed by atoms with van der Waals surface area (Å²) in [7, 11) is 0. The Balaban J connectivity index is 1.31. The molecule has 1 saturated heterocycles. The maximum absolute atomic E-state index is 13.7. The molecule has 38 heavy (non-hydrogen) atoms. The minimum absolute atomic E-state index is 0.0654. The second kappa shape index (κ2) is 9.99. The fourth-order valence-corrected chi connectivity index (χ4v) is 4.82. The van der Waals surface area contributed by atoms with Crippen LogP contribution in [0.4, 0.5) is 23.0 Å². The Kier molecular flexibility index (Phi) is 6.23. The van der Waals surface area contributed by atoms with E-state index in [9.17, 15) is 4.79 Å². The molecule has 1 aliphatic rings. The van der Waals surface area contributed by atoms with Crippen molar-refractivity contribution in [2.45, 2.75) is 6.92 Å². The lowest BCUT2D eigenvalue weighted by Gasteiger charge is -2.29. The number of pyridine rings is 1. The number of ether oxygens (including phenoxy) is 1. The van der Waals surface area contributed by atoms with Gasteiger partial charge in [0.05, 0.1) is 24.3 Å². The quantitative estimate of drug-likeness (QED) is 0.328. The number of benzene rings is 3. The molecule has 3 heterocycles. The Morgan fingerprint density at radius 3 is 2.53 bits per heavy atom. The number of morpholine rings is 1. The number of aryl methyl sites for hydroxylation is 1. The van der Waals surface area contributed by atoms with Crippen LogP contribution in [0.25, 0.3) is 27.7 Å². The molecule has 0 amide bonds. The third-order valence-electron chi connectivity index (χ3n) is 6.82. The highest BCUT2D eigenvalue weighted by atomic mass is 16.5. The summed E-state index contributed by atoms with van der Waals surface area (Å²) in [5.74, 6) is 0.481. The van der Waals surface area contributed by atoms with E-state index in [2.05, 4.69) is 32.3 Å². The second-order valence-corrected chi connectivity index (χ2v) is 9.38. The molecule has 6 rings (SSSR count). The minimum Gasteiger partial charge on any atom is -0.399 e. The van der Waals surface area contributed by atoms with E-state index in [1.165, 1.54) is 0 Å². The molecule has 1 aliphatic heterocycles. The van der Waals surface area contributed by atoms with Gasteiger partial charge in [-0.05, 0) is 78.7 Å². The number of anilines is 4. The van der Waals surface area contributed by atoms with Gasteiger partial charge in [0.2, 0.25) is 5.95 Å². The van der Waals surface area contributed by atoms with E-state index in [-0.39, 0.29) is 5.56 Å². The van der Waals surface area contributed by atoms with E-state index >= 15 is 0 Å². The third-order valence-corrected chi connectivity index (χ3v) is 6.82. The highest BCUT2D eigenvalue weighted by molar-refractivity contribution is 5.85. The zero-order valence-electron chi connectivity index (χ0n) is 21.1. The van der Waals surface area contributed by atoms with Crippen molar-refractivity contribution in [1.29, 1.82) is 0 Å². The summed E-state index contributed by atoms with van der Waals surface area (Å²) in [4.78, 5) is 25.1. The van der Waals surface area contributed by atoms with Crippen molar-refractivity contribution in [3.8, 4) is 16.8 Å². The van der Waals surface area contributed by atoms with Gasteiger partial charge < -0.3 is 20.7 Å². The molecule has 0 spiro atoms. The van der Waals surface area contributed by atoms with Crippen LogP contribution in [0.1, 0.15) is 5.56 Å². The number of hydrogen-bond donors (Lipinski definition) is 2. The number of rotatable bonds is 5. The number of nitrogen functional groups attached to an aromatic ring is 1. The van der Waals surface area contributed by atoms with Crippen molar-refractivity contribution < 1.29 is 4.74 Å². The number of aromatic nitrogens is 3.